The number of benzene rings is 2. The molecule has 2 atom stereocenters. The number of ketones is 1. The highest BCUT2D eigenvalue weighted by molar-refractivity contribution is 6.00. The predicted octanol–water partition coefficient (Wildman–Crippen LogP) is 3.84. The second-order valence-corrected chi connectivity index (χ2v) is 7.50. The Hall–Kier alpha value is -2.31. The number of carbonyl (C=O) groups excluding carboxylic acids is 1. The summed E-state index contributed by atoms with van der Waals surface area (Å²) in [6.45, 7) is 1.96. The van der Waals surface area contributed by atoms with E-state index in [2.05, 4.69) is 17.0 Å². The first-order valence-corrected chi connectivity index (χ1v) is 9.51. The summed E-state index contributed by atoms with van der Waals surface area (Å²) in [7, 11) is 1.36. The summed E-state index contributed by atoms with van der Waals surface area (Å²) >= 11 is 0. The molecule has 4 rings (SSSR count). The lowest BCUT2D eigenvalue weighted by Gasteiger charge is -2.48. The topological polar surface area (TPSA) is 38.8 Å². The van der Waals surface area contributed by atoms with Gasteiger partial charge in [0.25, 0.3) is 0 Å². The lowest BCUT2D eigenvalue weighted by atomic mass is 9.80. The van der Waals surface area contributed by atoms with Gasteiger partial charge in [-0.25, -0.2) is 8.78 Å². The Labute approximate surface area is 163 Å². The number of ether oxygens (including phenoxy) is 2. The molecule has 2 saturated heterocycles. The molecular formula is C22H23F2NO3. The molecule has 2 heterocycles. The molecule has 2 aliphatic rings. The molecule has 0 radical (unpaired) electrons. The van der Waals surface area contributed by atoms with Gasteiger partial charge in [-0.15, -0.1) is 0 Å². The number of morpholine rings is 1. The molecule has 0 amide bonds. The van der Waals surface area contributed by atoms with Crippen LogP contribution in [-0.4, -0.2) is 43.1 Å². The molecule has 28 heavy (non-hydrogen) atoms. The summed E-state index contributed by atoms with van der Waals surface area (Å²) in [5.74, 6) is -2.42. The van der Waals surface area contributed by atoms with Gasteiger partial charge in [0.15, 0.2) is 17.4 Å². The Morgan fingerprint density at radius 1 is 1.11 bits per heavy atom. The van der Waals surface area contributed by atoms with Gasteiger partial charge < -0.3 is 9.47 Å². The number of fused-ring (bicyclic) bond motifs is 2. The van der Waals surface area contributed by atoms with Gasteiger partial charge >= 0.3 is 0 Å². The number of hydrogen-bond acceptors (Lipinski definition) is 4. The van der Waals surface area contributed by atoms with Crippen LogP contribution in [0.2, 0.25) is 0 Å². The third kappa shape index (κ3) is 3.66. The minimum Gasteiger partial charge on any atom is -0.496 e. The van der Waals surface area contributed by atoms with Crippen LogP contribution in [-0.2, 0) is 11.3 Å². The summed E-state index contributed by atoms with van der Waals surface area (Å²) < 4.78 is 38.1. The molecule has 148 valence electrons. The van der Waals surface area contributed by atoms with Crippen LogP contribution in [0.3, 0.4) is 0 Å². The monoisotopic (exact) mass is 387 g/mol. The smallest absolute Gasteiger partial charge is 0.169 e. The average Bonchev–Trinajstić information content (AvgIpc) is 2.69. The summed E-state index contributed by atoms with van der Waals surface area (Å²) in [6, 6.07) is 12.4. The fourth-order valence-electron chi connectivity index (χ4n) is 4.37. The number of nitrogens with zero attached hydrogens (tertiary/aromatic N) is 1. The molecule has 0 N–H and O–H groups in total. The quantitative estimate of drug-likeness (QED) is 0.731. The first-order chi connectivity index (χ1) is 13.6. The molecule has 0 aromatic heterocycles. The van der Waals surface area contributed by atoms with Crippen molar-refractivity contribution in [2.24, 2.45) is 5.92 Å². The van der Waals surface area contributed by atoms with Crippen molar-refractivity contribution in [2.75, 3.05) is 20.3 Å². The zero-order valence-electron chi connectivity index (χ0n) is 15.7. The van der Waals surface area contributed by atoms with Crippen molar-refractivity contribution in [1.82, 2.24) is 4.90 Å². The summed E-state index contributed by atoms with van der Waals surface area (Å²) in [4.78, 5) is 15.5. The standard InChI is InChI=1S/C22H23F2NO3/c1-27-21-10-20(24)19(23)9-18(21)22(26)15-7-16-12-28-13-17(8-15)25(16)11-14-5-3-2-4-6-14/h2-6,9-10,15-17H,7-8,11-13H2,1H3. The zero-order valence-corrected chi connectivity index (χ0v) is 15.7. The lowest BCUT2D eigenvalue weighted by molar-refractivity contribution is -0.0873. The number of carbonyl (C=O) groups is 1. The average molecular weight is 387 g/mol. The second kappa shape index (κ2) is 7.97. The van der Waals surface area contributed by atoms with E-state index in [0.29, 0.717) is 26.1 Å². The first kappa shape index (κ1) is 19.0. The molecule has 6 heteroatoms. The molecule has 2 unspecified atom stereocenters. The number of Topliss-reactive ketones (excluding diaryl/α,β-unsaturated/α-hetero) is 1. The number of methoxy groups -OCH3 is 1. The minimum atomic E-state index is -1.03. The van der Waals surface area contributed by atoms with Gasteiger partial charge in [-0.2, -0.15) is 0 Å². The van der Waals surface area contributed by atoms with Gasteiger partial charge in [0.2, 0.25) is 0 Å². The van der Waals surface area contributed by atoms with Gasteiger partial charge in [-0.05, 0) is 24.5 Å². The van der Waals surface area contributed by atoms with Crippen molar-refractivity contribution >= 4 is 5.78 Å². The van der Waals surface area contributed by atoms with Crippen LogP contribution in [0.1, 0.15) is 28.8 Å². The molecule has 0 aliphatic carbocycles. The van der Waals surface area contributed by atoms with Crippen molar-refractivity contribution in [3.05, 3.63) is 65.2 Å². The summed E-state index contributed by atoms with van der Waals surface area (Å²) in [5, 5.41) is 0. The third-order valence-corrected chi connectivity index (χ3v) is 5.76. The largest absolute Gasteiger partial charge is 0.496 e. The van der Waals surface area contributed by atoms with Crippen molar-refractivity contribution in [1.29, 1.82) is 0 Å². The van der Waals surface area contributed by atoms with Gasteiger partial charge in [0.1, 0.15) is 5.75 Å². The molecule has 4 nitrogen and oxygen atoms in total. The second-order valence-electron chi connectivity index (χ2n) is 7.50. The highest BCUT2D eigenvalue weighted by Crippen LogP contribution is 2.36. The van der Waals surface area contributed by atoms with E-state index >= 15 is 0 Å². The van der Waals surface area contributed by atoms with E-state index in [1.54, 1.807) is 0 Å². The van der Waals surface area contributed by atoms with Gasteiger partial charge in [0, 0.05) is 30.6 Å². The Bertz CT molecular complexity index is 844. The number of rotatable bonds is 5. The molecule has 0 saturated carbocycles. The van der Waals surface area contributed by atoms with Crippen molar-refractivity contribution < 1.29 is 23.0 Å². The number of hydrogen-bond donors (Lipinski definition) is 0. The Morgan fingerprint density at radius 2 is 1.75 bits per heavy atom. The molecule has 2 fully saturated rings. The maximum absolute atomic E-state index is 13.7. The summed E-state index contributed by atoms with van der Waals surface area (Å²) in [5.41, 5.74) is 1.34. The Morgan fingerprint density at radius 3 is 2.39 bits per heavy atom. The summed E-state index contributed by atoms with van der Waals surface area (Å²) in [6.07, 6.45) is 1.26. The highest BCUT2D eigenvalue weighted by atomic mass is 19.2. The fraction of sp³-hybridized carbons (Fsp3) is 0.409. The van der Waals surface area contributed by atoms with Crippen LogP contribution >= 0.6 is 0 Å². The van der Waals surface area contributed by atoms with Gasteiger partial charge in [0.05, 0.1) is 25.9 Å². The maximum atomic E-state index is 13.7. The predicted molar refractivity (Wildman–Crippen MR) is 100 cm³/mol. The SMILES string of the molecule is COc1cc(F)c(F)cc1C(=O)C1CC2COCC(C1)N2Cc1ccccc1. The van der Waals surface area contributed by atoms with E-state index in [9.17, 15) is 13.6 Å². The fourth-order valence-corrected chi connectivity index (χ4v) is 4.37. The van der Waals surface area contributed by atoms with E-state index in [0.717, 1.165) is 18.7 Å². The van der Waals surface area contributed by atoms with E-state index in [1.165, 1.54) is 12.7 Å². The van der Waals surface area contributed by atoms with Gasteiger partial charge in [-0.1, -0.05) is 30.3 Å². The van der Waals surface area contributed by atoms with E-state index < -0.39 is 11.6 Å². The normalized spacial score (nSPS) is 24.8. The lowest BCUT2D eigenvalue weighted by Crippen LogP contribution is -2.57. The van der Waals surface area contributed by atoms with Crippen LogP contribution < -0.4 is 4.74 Å². The molecule has 2 aromatic carbocycles. The minimum absolute atomic E-state index is 0.0806. The van der Waals surface area contributed by atoms with Crippen LogP contribution in [0.5, 0.6) is 5.75 Å². The van der Waals surface area contributed by atoms with Crippen LogP contribution in [0.4, 0.5) is 8.78 Å². The van der Waals surface area contributed by atoms with Crippen LogP contribution in [0.25, 0.3) is 0 Å². The third-order valence-electron chi connectivity index (χ3n) is 5.76. The molecule has 2 bridgehead atoms. The van der Waals surface area contributed by atoms with Crippen LogP contribution in [0, 0.1) is 17.6 Å². The Balaban J connectivity index is 1.54. The van der Waals surface area contributed by atoms with Crippen molar-refractivity contribution in [2.45, 2.75) is 31.5 Å². The van der Waals surface area contributed by atoms with Crippen molar-refractivity contribution in [3.63, 3.8) is 0 Å². The first-order valence-electron chi connectivity index (χ1n) is 9.51. The molecule has 2 aromatic rings. The van der Waals surface area contributed by atoms with E-state index in [1.807, 2.05) is 18.2 Å². The molecular weight excluding hydrogens is 364 g/mol. The molecule has 2 aliphatic heterocycles. The van der Waals surface area contributed by atoms with Crippen molar-refractivity contribution in [3.8, 4) is 5.75 Å². The van der Waals surface area contributed by atoms with E-state index in [-0.39, 0.29) is 35.1 Å². The number of halogens is 2. The maximum Gasteiger partial charge on any atom is 0.169 e. The number of piperidine rings is 1. The Kier molecular flexibility index (Phi) is 5.42. The van der Waals surface area contributed by atoms with Crippen LogP contribution in [0.15, 0.2) is 42.5 Å². The van der Waals surface area contributed by atoms with E-state index in [4.69, 9.17) is 9.47 Å². The zero-order chi connectivity index (χ0) is 19.7. The highest BCUT2D eigenvalue weighted by Gasteiger charge is 2.42. The van der Waals surface area contributed by atoms with Gasteiger partial charge in [-0.3, -0.25) is 9.69 Å². The molecule has 0 spiro atoms.